The molecule has 0 spiro atoms. The van der Waals surface area contributed by atoms with Crippen LogP contribution in [0.5, 0.6) is 0 Å². The van der Waals surface area contributed by atoms with Crippen LogP contribution in [0, 0.1) is 0 Å². The number of pyridine rings is 2. The van der Waals surface area contributed by atoms with Gasteiger partial charge in [-0.1, -0.05) is 28.1 Å². The van der Waals surface area contributed by atoms with Crippen LogP contribution in [0.2, 0.25) is 0 Å². The minimum Gasteiger partial charge on any atom is -0.265 e. The van der Waals surface area contributed by atoms with Crippen LogP contribution in [-0.2, 0) is 0 Å². The molecule has 0 saturated heterocycles. The normalized spacial score (nSPS) is 7.29. The van der Waals surface area contributed by atoms with Crippen molar-refractivity contribution in [2.24, 2.45) is 0 Å². The zero-order valence-electron chi connectivity index (χ0n) is 8.05. The van der Waals surface area contributed by atoms with Gasteiger partial charge < -0.3 is 0 Å². The van der Waals surface area contributed by atoms with Crippen molar-refractivity contribution in [3.8, 4) is 0 Å². The SMILES string of the molecule is CBr.c1ccncc1.c1ccncc1. The zero-order valence-corrected chi connectivity index (χ0v) is 9.63. The minimum absolute atomic E-state index is 1.75. The summed E-state index contributed by atoms with van der Waals surface area (Å²) in [5.74, 6) is 1.81. The minimum atomic E-state index is 1.75. The summed E-state index contributed by atoms with van der Waals surface area (Å²) in [6.07, 6.45) is 7.00. The second kappa shape index (κ2) is 11.8. The van der Waals surface area contributed by atoms with Crippen molar-refractivity contribution in [3.05, 3.63) is 61.2 Å². The molecule has 0 amide bonds. The number of hydrogen-bond donors (Lipinski definition) is 0. The van der Waals surface area contributed by atoms with Crippen LogP contribution in [0.3, 0.4) is 0 Å². The second-order valence-corrected chi connectivity index (χ2v) is 2.05. The van der Waals surface area contributed by atoms with Gasteiger partial charge in [0.2, 0.25) is 0 Å². The van der Waals surface area contributed by atoms with E-state index in [1.54, 1.807) is 24.8 Å². The van der Waals surface area contributed by atoms with Crippen LogP contribution in [-0.4, -0.2) is 15.8 Å². The number of halogens is 1. The maximum absolute atomic E-state index is 3.78. The van der Waals surface area contributed by atoms with E-state index in [2.05, 4.69) is 25.9 Å². The first-order chi connectivity index (χ1) is 7.00. The van der Waals surface area contributed by atoms with E-state index in [-0.39, 0.29) is 0 Å². The summed E-state index contributed by atoms with van der Waals surface area (Å²) < 4.78 is 0. The van der Waals surface area contributed by atoms with Gasteiger partial charge >= 0.3 is 0 Å². The average Bonchev–Trinajstić information content (AvgIpc) is 2.37. The summed E-state index contributed by atoms with van der Waals surface area (Å²) >= 11 is 2.94. The molecule has 0 aliphatic carbocycles. The standard InChI is InChI=1S/2C5H5N.CH3Br/c2*1-2-4-6-5-3-1;1-2/h2*1-5H;1H3. The predicted octanol–water partition coefficient (Wildman–Crippen LogP) is 3.17. The lowest BCUT2D eigenvalue weighted by molar-refractivity contribution is 1.33. The van der Waals surface area contributed by atoms with Crippen LogP contribution < -0.4 is 0 Å². The molecule has 0 bridgehead atoms. The van der Waals surface area contributed by atoms with Crippen LogP contribution in [0.1, 0.15) is 0 Å². The van der Waals surface area contributed by atoms with Crippen molar-refractivity contribution in [1.29, 1.82) is 0 Å². The van der Waals surface area contributed by atoms with Crippen molar-refractivity contribution in [2.45, 2.75) is 0 Å². The summed E-state index contributed by atoms with van der Waals surface area (Å²) in [5, 5.41) is 0. The van der Waals surface area contributed by atoms with Gasteiger partial charge in [-0.05, 0) is 30.1 Å². The molecule has 2 heterocycles. The quantitative estimate of drug-likeness (QED) is 0.674. The summed E-state index contributed by atoms with van der Waals surface area (Å²) in [7, 11) is 0. The van der Waals surface area contributed by atoms with Gasteiger partial charge in [-0.3, -0.25) is 9.97 Å². The summed E-state index contributed by atoms with van der Waals surface area (Å²) in [4.78, 5) is 7.57. The van der Waals surface area contributed by atoms with Gasteiger partial charge in [0.25, 0.3) is 0 Å². The number of alkyl halides is 1. The van der Waals surface area contributed by atoms with Crippen LogP contribution in [0.15, 0.2) is 61.2 Å². The highest BCUT2D eigenvalue weighted by Gasteiger charge is 1.59. The fourth-order valence-electron chi connectivity index (χ4n) is 0.625. The molecule has 0 unspecified atom stereocenters. The molecule has 0 N–H and O–H groups in total. The number of nitrogens with zero attached hydrogens (tertiary/aromatic N) is 2. The first-order valence-corrected chi connectivity index (χ1v) is 5.66. The predicted molar refractivity (Wildman–Crippen MR) is 63.3 cm³/mol. The van der Waals surface area contributed by atoms with Gasteiger partial charge in [-0.15, -0.1) is 0 Å². The Balaban J connectivity index is 0.000000206. The molecule has 0 fully saturated rings. The molecule has 0 saturated carbocycles. The molecule has 2 aromatic rings. The van der Waals surface area contributed by atoms with E-state index in [1.807, 2.05) is 42.2 Å². The van der Waals surface area contributed by atoms with Crippen LogP contribution in [0.25, 0.3) is 0 Å². The molecule has 0 atom stereocenters. The van der Waals surface area contributed by atoms with Crippen LogP contribution in [0.4, 0.5) is 0 Å². The van der Waals surface area contributed by atoms with Gasteiger partial charge in [-0.25, -0.2) is 0 Å². The van der Waals surface area contributed by atoms with E-state index in [9.17, 15) is 0 Å². The molecule has 14 heavy (non-hydrogen) atoms. The largest absolute Gasteiger partial charge is 0.265 e. The molecule has 0 aliphatic heterocycles. The van der Waals surface area contributed by atoms with Gasteiger partial charge in [0, 0.05) is 24.8 Å². The fraction of sp³-hybridized carbons (Fsp3) is 0.0909. The average molecular weight is 253 g/mol. The molecular weight excluding hydrogens is 240 g/mol. The molecule has 2 rings (SSSR count). The lowest BCUT2D eigenvalue weighted by atomic mass is 10.5. The molecule has 2 nitrogen and oxygen atoms in total. The lowest BCUT2D eigenvalue weighted by Gasteiger charge is -1.70. The van der Waals surface area contributed by atoms with E-state index in [4.69, 9.17) is 0 Å². The maximum Gasteiger partial charge on any atom is 0.0267 e. The summed E-state index contributed by atoms with van der Waals surface area (Å²) in [6, 6.07) is 11.4. The van der Waals surface area contributed by atoms with Gasteiger partial charge in [0.1, 0.15) is 0 Å². The highest BCUT2D eigenvalue weighted by molar-refractivity contribution is 9.08. The Morgan fingerprint density at radius 1 is 0.571 bits per heavy atom. The van der Waals surface area contributed by atoms with Crippen molar-refractivity contribution in [2.75, 3.05) is 5.83 Å². The third-order valence-corrected chi connectivity index (χ3v) is 1.13. The van der Waals surface area contributed by atoms with Crippen molar-refractivity contribution >= 4 is 15.9 Å². The first kappa shape index (κ1) is 12.8. The molecule has 0 radical (unpaired) electrons. The van der Waals surface area contributed by atoms with E-state index >= 15 is 0 Å². The number of hydrogen-bond acceptors (Lipinski definition) is 2. The fourth-order valence-corrected chi connectivity index (χ4v) is 0.625. The highest BCUT2D eigenvalue weighted by Crippen LogP contribution is 1.74. The Hall–Kier alpha value is -1.22. The van der Waals surface area contributed by atoms with E-state index in [0.717, 1.165) is 0 Å². The van der Waals surface area contributed by atoms with Gasteiger partial charge in [0.15, 0.2) is 0 Å². The zero-order chi connectivity index (χ0) is 10.5. The van der Waals surface area contributed by atoms with Crippen LogP contribution >= 0.6 is 15.9 Å². The molecule has 3 heteroatoms. The number of rotatable bonds is 0. The maximum atomic E-state index is 3.78. The third-order valence-electron chi connectivity index (χ3n) is 1.13. The molecular formula is C11H13BrN2. The highest BCUT2D eigenvalue weighted by atomic mass is 79.9. The van der Waals surface area contributed by atoms with E-state index < -0.39 is 0 Å². The Kier molecular flexibility index (Phi) is 10.8. The van der Waals surface area contributed by atoms with Gasteiger partial charge in [-0.2, -0.15) is 0 Å². The van der Waals surface area contributed by atoms with E-state index in [0.29, 0.717) is 0 Å². The smallest absolute Gasteiger partial charge is 0.0267 e. The molecule has 0 aromatic carbocycles. The Bertz CT molecular complexity index is 189. The Morgan fingerprint density at radius 3 is 0.929 bits per heavy atom. The molecule has 0 aliphatic rings. The van der Waals surface area contributed by atoms with Crippen molar-refractivity contribution < 1.29 is 0 Å². The second-order valence-electron chi connectivity index (χ2n) is 2.05. The summed E-state index contributed by atoms with van der Waals surface area (Å²) in [5.41, 5.74) is 0. The topological polar surface area (TPSA) is 25.8 Å². The lowest BCUT2D eigenvalue weighted by Crippen LogP contribution is -1.58. The monoisotopic (exact) mass is 252 g/mol. The first-order valence-electron chi connectivity index (χ1n) is 4.08. The Labute approximate surface area is 93.2 Å². The summed E-state index contributed by atoms with van der Waals surface area (Å²) in [6.45, 7) is 0. The molecule has 2 aromatic heterocycles. The van der Waals surface area contributed by atoms with E-state index in [1.165, 1.54) is 0 Å². The van der Waals surface area contributed by atoms with Gasteiger partial charge in [0.05, 0.1) is 0 Å². The molecule has 74 valence electrons. The Morgan fingerprint density at radius 2 is 0.857 bits per heavy atom. The van der Waals surface area contributed by atoms with Crippen molar-refractivity contribution in [3.63, 3.8) is 0 Å². The van der Waals surface area contributed by atoms with Crippen molar-refractivity contribution in [1.82, 2.24) is 9.97 Å². The number of aromatic nitrogens is 2. The third kappa shape index (κ3) is 8.87.